The monoisotopic (exact) mass is 266 g/mol. The molecule has 1 aliphatic heterocycles. The second kappa shape index (κ2) is 3.06. The van der Waals surface area contributed by atoms with Crippen molar-refractivity contribution in [3.63, 3.8) is 0 Å². The van der Waals surface area contributed by atoms with Crippen molar-refractivity contribution < 1.29 is 4.79 Å². The summed E-state index contributed by atoms with van der Waals surface area (Å²) in [5.41, 5.74) is 6.75. The fraction of sp³-hybridized carbons (Fsp3) is 0.364. The molecular formula is C11H11BrN2O. The van der Waals surface area contributed by atoms with E-state index < -0.39 is 0 Å². The molecule has 3 nitrogen and oxygen atoms in total. The molecule has 1 saturated carbocycles. The normalized spacial score (nSPS) is 33.1. The minimum absolute atomic E-state index is 0.0913. The Labute approximate surface area is 96.4 Å². The largest absolute Gasteiger partial charge is 0.327 e. The Morgan fingerprint density at radius 2 is 2.00 bits per heavy atom. The molecule has 0 spiro atoms. The van der Waals surface area contributed by atoms with Crippen LogP contribution in [0.3, 0.4) is 0 Å². The van der Waals surface area contributed by atoms with Gasteiger partial charge in [0.25, 0.3) is 0 Å². The van der Waals surface area contributed by atoms with Crippen molar-refractivity contribution in [1.82, 2.24) is 0 Å². The Bertz CT molecular complexity index is 417. The van der Waals surface area contributed by atoms with E-state index in [1.54, 1.807) is 0 Å². The topological polar surface area (TPSA) is 46.3 Å². The maximum Gasteiger partial charge on any atom is 0.232 e. The van der Waals surface area contributed by atoms with Crippen LogP contribution in [0, 0.1) is 11.8 Å². The second-order valence-electron chi connectivity index (χ2n) is 4.19. The van der Waals surface area contributed by atoms with Gasteiger partial charge in [0.1, 0.15) is 0 Å². The first-order valence-electron chi connectivity index (χ1n) is 5.01. The average molecular weight is 267 g/mol. The molecule has 2 aliphatic rings. The Kier molecular flexibility index (Phi) is 1.91. The van der Waals surface area contributed by atoms with Crippen molar-refractivity contribution in [2.45, 2.75) is 6.04 Å². The molecule has 0 radical (unpaired) electrons. The fourth-order valence-corrected chi connectivity index (χ4v) is 2.58. The van der Waals surface area contributed by atoms with Gasteiger partial charge in [-0.15, -0.1) is 0 Å². The Morgan fingerprint density at radius 3 is 2.53 bits per heavy atom. The third-order valence-electron chi connectivity index (χ3n) is 3.31. The van der Waals surface area contributed by atoms with Crippen LogP contribution in [0.1, 0.15) is 0 Å². The highest BCUT2D eigenvalue weighted by molar-refractivity contribution is 9.10. The van der Waals surface area contributed by atoms with Crippen LogP contribution >= 0.6 is 15.9 Å². The summed E-state index contributed by atoms with van der Waals surface area (Å²) in [7, 11) is 0. The standard InChI is InChI=1S/C11H11BrN2O/c12-6-1-3-7(4-2-6)14-5-8-9(10(8)13)11(14)15/h1-4,8-10H,5,13H2. The number of anilines is 1. The molecule has 1 saturated heterocycles. The van der Waals surface area contributed by atoms with Crippen LogP contribution in [-0.2, 0) is 4.79 Å². The second-order valence-corrected chi connectivity index (χ2v) is 5.11. The summed E-state index contributed by atoms with van der Waals surface area (Å²) in [5.74, 6) is 0.671. The molecule has 78 valence electrons. The third-order valence-corrected chi connectivity index (χ3v) is 3.84. The van der Waals surface area contributed by atoms with Crippen LogP contribution in [0.15, 0.2) is 28.7 Å². The Morgan fingerprint density at radius 1 is 1.33 bits per heavy atom. The van der Waals surface area contributed by atoms with E-state index >= 15 is 0 Å². The van der Waals surface area contributed by atoms with E-state index in [4.69, 9.17) is 5.73 Å². The molecule has 2 N–H and O–H groups in total. The Hall–Kier alpha value is -0.870. The van der Waals surface area contributed by atoms with Gasteiger partial charge in [-0.25, -0.2) is 0 Å². The lowest BCUT2D eigenvalue weighted by atomic mass is 10.2. The van der Waals surface area contributed by atoms with Crippen LogP contribution in [0.25, 0.3) is 0 Å². The molecule has 1 amide bonds. The smallest absolute Gasteiger partial charge is 0.232 e. The zero-order valence-electron chi connectivity index (χ0n) is 8.06. The number of piperidine rings is 1. The summed E-state index contributed by atoms with van der Waals surface area (Å²) in [6.07, 6.45) is 0. The number of nitrogens with two attached hydrogens (primary N) is 1. The van der Waals surface area contributed by atoms with E-state index in [9.17, 15) is 4.79 Å². The number of rotatable bonds is 1. The quantitative estimate of drug-likeness (QED) is 0.835. The maximum atomic E-state index is 11.9. The number of hydrogen-bond acceptors (Lipinski definition) is 2. The van der Waals surface area contributed by atoms with Gasteiger partial charge in [-0.3, -0.25) is 4.79 Å². The molecule has 1 aromatic rings. The van der Waals surface area contributed by atoms with E-state index in [0.29, 0.717) is 5.92 Å². The van der Waals surface area contributed by atoms with Gasteiger partial charge in [-0.1, -0.05) is 15.9 Å². The minimum Gasteiger partial charge on any atom is -0.327 e. The number of halogens is 1. The van der Waals surface area contributed by atoms with Gasteiger partial charge in [0, 0.05) is 28.7 Å². The van der Waals surface area contributed by atoms with Gasteiger partial charge < -0.3 is 10.6 Å². The molecule has 3 atom stereocenters. The summed E-state index contributed by atoms with van der Waals surface area (Å²) in [5, 5.41) is 0. The highest BCUT2D eigenvalue weighted by Crippen LogP contribution is 2.46. The molecule has 3 unspecified atom stereocenters. The summed E-state index contributed by atoms with van der Waals surface area (Å²) >= 11 is 3.38. The van der Waals surface area contributed by atoms with Crippen molar-refractivity contribution in [3.8, 4) is 0 Å². The van der Waals surface area contributed by atoms with Gasteiger partial charge in [0.05, 0.1) is 5.92 Å². The molecule has 15 heavy (non-hydrogen) atoms. The summed E-state index contributed by atoms with van der Waals surface area (Å²) in [4.78, 5) is 13.7. The predicted molar refractivity (Wildman–Crippen MR) is 61.5 cm³/mol. The zero-order chi connectivity index (χ0) is 10.6. The molecule has 0 bridgehead atoms. The SMILES string of the molecule is NC1C2CN(c3ccc(Br)cc3)C(=O)C12. The van der Waals surface area contributed by atoms with E-state index in [2.05, 4.69) is 15.9 Å². The van der Waals surface area contributed by atoms with E-state index in [1.165, 1.54) is 0 Å². The van der Waals surface area contributed by atoms with Crippen LogP contribution in [0.4, 0.5) is 5.69 Å². The first-order valence-corrected chi connectivity index (χ1v) is 5.80. The van der Waals surface area contributed by atoms with Gasteiger partial charge in [0.15, 0.2) is 0 Å². The predicted octanol–water partition coefficient (Wildman–Crippen LogP) is 1.37. The molecule has 4 heteroatoms. The van der Waals surface area contributed by atoms with Crippen molar-refractivity contribution in [2.24, 2.45) is 17.6 Å². The van der Waals surface area contributed by atoms with Gasteiger partial charge in [-0.05, 0) is 24.3 Å². The Balaban J connectivity index is 1.85. The van der Waals surface area contributed by atoms with Crippen LogP contribution in [0.2, 0.25) is 0 Å². The van der Waals surface area contributed by atoms with Crippen molar-refractivity contribution >= 4 is 27.5 Å². The van der Waals surface area contributed by atoms with Gasteiger partial charge in [-0.2, -0.15) is 0 Å². The number of fused-ring (bicyclic) bond motifs is 1. The highest BCUT2D eigenvalue weighted by atomic mass is 79.9. The molecule has 2 fully saturated rings. The van der Waals surface area contributed by atoms with Crippen LogP contribution < -0.4 is 10.6 Å². The van der Waals surface area contributed by atoms with Gasteiger partial charge >= 0.3 is 0 Å². The number of carbonyl (C=O) groups is 1. The zero-order valence-corrected chi connectivity index (χ0v) is 9.65. The van der Waals surface area contributed by atoms with Crippen LogP contribution in [-0.4, -0.2) is 18.5 Å². The highest BCUT2D eigenvalue weighted by Gasteiger charge is 2.60. The van der Waals surface area contributed by atoms with E-state index in [1.807, 2.05) is 29.2 Å². The summed E-state index contributed by atoms with van der Waals surface area (Å²) in [6, 6.07) is 7.93. The maximum absolute atomic E-state index is 11.9. The lowest BCUT2D eigenvalue weighted by Gasteiger charge is -2.19. The van der Waals surface area contributed by atoms with Crippen LogP contribution in [0.5, 0.6) is 0 Å². The number of carbonyl (C=O) groups excluding carboxylic acids is 1. The molecule has 3 rings (SSSR count). The van der Waals surface area contributed by atoms with E-state index in [-0.39, 0.29) is 17.9 Å². The number of nitrogens with zero attached hydrogens (tertiary/aromatic N) is 1. The average Bonchev–Trinajstić information content (AvgIpc) is 2.70. The fourth-order valence-electron chi connectivity index (χ4n) is 2.32. The van der Waals surface area contributed by atoms with E-state index in [0.717, 1.165) is 16.7 Å². The summed E-state index contributed by atoms with van der Waals surface area (Å²) in [6.45, 7) is 0.784. The first kappa shape index (κ1) is 9.36. The molecule has 0 aromatic heterocycles. The minimum atomic E-state index is 0.0913. The molecule has 1 aliphatic carbocycles. The number of amides is 1. The number of benzene rings is 1. The lowest BCUT2D eigenvalue weighted by Crippen LogP contribution is -2.32. The molecule has 1 aromatic carbocycles. The molecular weight excluding hydrogens is 256 g/mol. The third kappa shape index (κ3) is 1.32. The van der Waals surface area contributed by atoms with Crippen molar-refractivity contribution in [2.75, 3.05) is 11.4 Å². The van der Waals surface area contributed by atoms with Crippen molar-refractivity contribution in [3.05, 3.63) is 28.7 Å². The lowest BCUT2D eigenvalue weighted by molar-refractivity contribution is -0.118. The first-order chi connectivity index (χ1) is 7.18. The molecule has 1 heterocycles. The number of hydrogen-bond donors (Lipinski definition) is 1. The van der Waals surface area contributed by atoms with Gasteiger partial charge in [0.2, 0.25) is 5.91 Å². The van der Waals surface area contributed by atoms with Crippen molar-refractivity contribution in [1.29, 1.82) is 0 Å². The summed E-state index contributed by atoms with van der Waals surface area (Å²) < 4.78 is 1.03.